The summed E-state index contributed by atoms with van der Waals surface area (Å²) in [6, 6.07) is 15.7. The summed E-state index contributed by atoms with van der Waals surface area (Å²) in [6.07, 6.45) is 2.64. The van der Waals surface area contributed by atoms with Gasteiger partial charge in [0.1, 0.15) is 6.04 Å². The highest BCUT2D eigenvalue weighted by atomic mass is 16.5. The van der Waals surface area contributed by atoms with Crippen LogP contribution >= 0.6 is 0 Å². The van der Waals surface area contributed by atoms with E-state index in [1.807, 2.05) is 30.3 Å². The number of hydrogen-bond donors (Lipinski definition) is 1. The Kier molecular flexibility index (Phi) is 6.26. The molecule has 0 saturated carbocycles. The van der Waals surface area contributed by atoms with Gasteiger partial charge in [-0.15, -0.1) is 0 Å². The first-order valence-electron chi connectivity index (χ1n) is 10.4. The second kappa shape index (κ2) is 9.42. The Labute approximate surface area is 180 Å². The largest absolute Gasteiger partial charge is 0.462 e. The van der Waals surface area contributed by atoms with E-state index in [0.29, 0.717) is 36.1 Å². The fraction of sp³-hybridized carbons (Fsp3) is 0.304. The van der Waals surface area contributed by atoms with E-state index in [2.05, 4.69) is 15.5 Å². The van der Waals surface area contributed by atoms with Crippen molar-refractivity contribution < 1.29 is 18.8 Å². The van der Waals surface area contributed by atoms with Gasteiger partial charge >= 0.3 is 12.0 Å². The highest BCUT2D eigenvalue weighted by Gasteiger charge is 2.32. The Hall–Kier alpha value is -3.68. The van der Waals surface area contributed by atoms with Crippen LogP contribution in [0, 0.1) is 0 Å². The lowest BCUT2D eigenvalue weighted by atomic mass is 10.0. The fourth-order valence-corrected chi connectivity index (χ4v) is 3.61. The van der Waals surface area contributed by atoms with Crippen LogP contribution in [-0.4, -0.2) is 40.2 Å². The molecule has 0 radical (unpaired) electrons. The van der Waals surface area contributed by atoms with E-state index in [9.17, 15) is 9.59 Å². The molecular weight excluding hydrogens is 396 g/mol. The van der Waals surface area contributed by atoms with Crippen molar-refractivity contribution in [3.63, 3.8) is 0 Å². The van der Waals surface area contributed by atoms with Gasteiger partial charge in [0.05, 0.1) is 12.2 Å². The van der Waals surface area contributed by atoms with Gasteiger partial charge in [-0.25, -0.2) is 9.59 Å². The molecule has 1 aliphatic rings. The summed E-state index contributed by atoms with van der Waals surface area (Å²) in [7, 11) is 0. The molecule has 0 spiro atoms. The predicted octanol–water partition coefficient (Wildman–Crippen LogP) is 4.67. The molecule has 31 heavy (non-hydrogen) atoms. The first-order valence-corrected chi connectivity index (χ1v) is 10.4. The summed E-state index contributed by atoms with van der Waals surface area (Å²) in [6.45, 7) is 2.67. The van der Waals surface area contributed by atoms with E-state index >= 15 is 0 Å². The number of benzene rings is 2. The number of nitrogens with one attached hydrogen (secondary N) is 1. The molecule has 4 rings (SSSR count). The number of aromatic nitrogens is 2. The van der Waals surface area contributed by atoms with Crippen molar-refractivity contribution in [2.75, 3.05) is 18.5 Å². The monoisotopic (exact) mass is 420 g/mol. The van der Waals surface area contributed by atoms with E-state index < -0.39 is 0 Å². The summed E-state index contributed by atoms with van der Waals surface area (Å²) in [4.78, 5) is 31.0. The Morgan fingerprint density at radius 3 is 2.65 bits per heavy atom. The molecule has 2 heterocycles. The van der Waals surface area contributed by atoms with Gasteiger partial charge in [0.25, 0.3) is 0 Å². The van der Waals surface area contributed by atoms with Crippen molar-refractivity contribution in [2.45, 2.75) is 32.2 Å². The predicted molar refractivity (Wildman–Crippen MR) is 114 cm³/mol. The van der Waals surface area contributed by atoms with Crippen molar-refractivity contribution >= 4 is 17.7 Å². The molecule has 1 aliphatic heterocycles. The van der Waals surface area contributed by atoms with Crippen LogP contribution in [0.15, 0.2) is 59.1 Å². The number of ether oxygens (including phenoxy) is 1. The molecule has 1 N–H and O–H groups in total. The minimum atomic E-state index is -0.387. The van der Waals surface area contributed by atoms with Crippen molar-refractivity contribution in [2.24, 2.45) is 0 Å². The first kappa shape index (κ1) is 20.6. The van der Waals surface area contributed by atoms with E-state index in [4.69, 9.17) is 9.26 Å². The number of piperidine rings is 1. The van der Waals surface area contributed by atoms with Crippen LogP contribution in [0.5, 0.6) is 0 Å². The van der Waals surface area contributed by atoms with E-state index in [-0.39, 0.29) is 18.0 Å². The lowest BCUT2D eigenvalue weighted by Gasteiger charge is -2.33. The van der Waals surface area contributed by atoms with E-state index in [1.54, 1.807) is 36.1 Å². The van der Waals surface area contributed by atoms with Crippen LogP contribution in [0.4, 0.5) is 10.5 Å². The van der Waals surface area contributed by atoms with Gasteiger partial charge in [-0.2, -0.15) is 4.98 Å². The second-order valence-corrected chi connectivity index (χ2v) is 7.26. The number of likely N-dealkylation sites (tertiary alicyclic amines) is 1. The SMILES string of the molecule is CCOC(=O)c1ccc(NC(=O)N2CCCCC2c2nc(-c3ccccc3)no2)cc1. The number of carbonyl (C=O) groups is 2. The average Bonchev–Trinajstić information content (AvgIpc) is 3.30. The second-order valence-electron chi connectivity index (χ2n) is 7.26. The Balaban J connectivity index is 1.47. The van der Waals surface area contributed by atoms with Crippen LogP contribution in [-0.2, 0) is 4.74 Å². The molecule has 8 nitrogen and oxygen atoms in total. The number of nitrogens with zero attached hydrogens (tertiary/aromatic N) is 3. The van der Waals surface area contributed by atoms with Crippen molar-refractivity contribution in [3.8, 4) is 11.4 Å². The molecule has 0 aliphatic carbocycles. The minimum absolute atomic E-state index is 0.243. The molecule has 3 aromatic rings. The number of urea groups is 1. The van der Waals surface area contributed by atoms with Gasteiger partial charge in [0, 0.05) is 17.8 Å². The quantitative estimate of drug-likeness (QED) is 0.602. The third-order valence-corrected chi connectivity index (χ3v) is 5.17. The van der Waals surface area contributed by atoms with Crippen LogP contribution in [0.25, 0.3) is 11.4 Å². The highest BCUT2D eigenvalue weighted by Crippen LogP contribution is 2.31. The molecule has 1 unspecified atom stereocenters. The van der Waals surface area contributed by atoms with Gasteiger partial charge in [0.2, 0.25) is 11.7 Å². The maximum Gasteiger partial charge on any atom is 0.338 e. The molecule has 1 saturated heterocycles. The zero-order chi connectivity index (χ0) is 21.6. The molecule has 1 aromatic heterocycles. The summed E-state index contributed by atoms with van der Waals surface area (Å²) < 4.78 is 10.5. The topological polar surface area (TPSA) is 97.6 Å². The smallest absolute Gasteiger partial charge is 0.338 e. The number of esters is 1. The highest BCUT2D eigenvalue weighted by molar-refractivity contribution is 5.92. The zero-order valence-electron chi connectivity index (χ0n) is 17.3. The summed E-state index contributed by atoms with van der Waals surface area (Å²) in [5.41, 5.74) is 1.90. The molecule has 2 amide bonds. The lowest BCUT2D eigenvalue weighted by molar-refractivity contribution is 0.0526. The number of hydrogen-bond acceptors (Lipinski definition) is 6. The van der Waals surface area contributed by atoms with Crippen molar-refractivity contribution in [1.29, 1.82) is 0 Å². The number of amides is 2. The number of anilines is 1. The van der Waals surface area contributed by atoms with Crippen molar-refractivity contribution in [1.82, 2.24) is 15.0 Å². The average molecular weight is 420 g/mol. The van der Waals surface area contributed by atoms with E-state index in [1.165, 1.54) is 0 Å². The van der Waals surface area contributed by atoms with Crippen LogP contribution in [0.2, 0.25) is 0 Å². The maximum absolute atomic E-state index is 13.0. The lowest BCUT2D eigenvalue weighted by Crippen LogP contribution is -2.41. The summed E-state index contributed by atoms with van der Waals surface area (Å²) in [5.74, 6) is 0.560. The molecule has 160 valence electrons. The normalized spacial score (nSPS) is 16.0. The zero-order valence-corrected chi connectivity index (χ0v) is 17.3. The Morgan fingerprint density at radius 2 is 1.90 bits per heavy atom. The molecular formula is C23H24N4O4. The van der Waals surface area contributed by atoms with Gasteiger partial charge < -0.3 is 19.5 Å². The molecule has 1 atom stereocenters. The van der Waals surface area contributed by atoms with Crippen LogP contribution in [0.3, 0.4) is 0 Å². The fourth-order valence-electron chi connectivity index (χ4n) is 3.61. The molecule has 0 bridgehead atoms. The van der Waals surface area contributed by atoms with Crippen molar-refractivity contribution in [3.05, 3.63) is 66.1 Å². The molecule has 2 aromatic carbocycles. The summed E-state index contributed by atoms with van der Waals surface area (Å²) >= 11 is 0. The standard InChI is InChI=1S/C23H24N4O4/c1-2-30-22(28)17-11-13-18(14-12-17)24-23(29)27-15-7-6-10-19(27)21-25-20(26-31-21)16-8-4-3-5-9-16/h3-5,8-9,11-14,19H,2,6-7,10,15H2,1H3,(H,24,29). The third kappa shape index (κ3) is 4.74. The minimum Gasteiger partial charge on any atom is -0.462 e. The number of rotatable bonds is 5. The maximum atomic E-state index is 13.0. The third-order valence-electron chi connectivity index (χ3n) is 5.17. The van der Waals surface area contributed by atoms with Gasteiger partial charge in [0.15, 0.2) is 0 Å². The van der Waals surface area contributed by atoms with E-state index in [0.717, 1.165) is 24.8 Å². The van der Waals surface area contributed by atoms with Crippen LogP contribution < -0.4 is 5.32 Å². The van der Waals surface area contributed by atoms with Gasteiger partial charge in [-0.05, 0) is 50.5 Å². The Morgan fingerprint density at radius 1 is 1.13 bits per heavy atom. The summed E-state index contributed by atoms with van der Waals surface area (Å²) in [5, 5.41) is 6.99. The van der Waals surface area contributed by atoms with Gasteiger partial charge in [-0.1, -0.05) is 35.5 Å². The van der Waals surface area contributed by atoms with Gasteiger partial charge in [-0.3, -0.25) is 0 Å². The van der Waals surface area contributed by atoms with Crippen LogP contribution in [0.1, 0.15) is 48.5 Å². The molecule has 1 fully saturated rings. The Bertz CT molecular complexity index is 1030. The first-order chi connectivity index (χ1) is 15.2. The molecule has 8 heteroatoms. The number of carbonyl (C=O) groups excluding carboxylic acids is 2.